The molecule has 4 rings (SSSR count). The molecule has 1 saturated heterocycles. The number of carbonyl (C=O) groups is 1. The van der Waals surface area contributed by atoms with E-state index >= 15 is 0 Å². The molecule has 7 nitrogen and oxygen atoms in total. The zero-order valence-corrected chi connectivity index (χ0v) is 12.5. The van der Waals surface area contributed by atoms with Gasteiger partial charge < -0.3 is 24.5 Å². The van der Waals surface area contributed by atoms with Crippen molar-refractivity contribution in [3.63, 3.8) is 0 Å². The summed E-state index contributed by atoms with van der Waals surface area (Å²) >= 11 is 0. The monoisotopic (exact) mass is 315 g/mol. The molecule has 0 radical (unpaired) electrons. The minimum atomic E-state index is -0.225. The van der Waals surface area contributed by atoms with Gasteiger partial charge in [-0.2, -0.15) is 0 Å². The van der Waals surface area contributed by atoms with Crippen LogP contribution in [0, 0.1) is 0 Å². The van der Waals surface area contributed by atoms with Crippen molar-refractivity contribution < 1.29 is 18.7 Å². The summed E-state index contributed by atoms with van der Waals surface area (Å²) in [5.74, 6) is 1.56. The Kier molecular flexibility index (Phi) is 3.63. The van der Waals surface area contributed by atoms with Crippen molar-refractivity contribution in [3.05, 3.63) is 30.3 Å². The van der Waals surface area contributed by atoms with E-state index in [1.165, 1.54) is 6.39 Å². The number of oxazole rings is 1. The molecule has 1 aromatic carbocycles. The second-order valence-corrected chi connectivity index (χ2v) is 5.55. The third-order valence-electron chi connectivity index (χ3n) is 3.98. The Balaban J connectivity index is 1.60. The second kappa shape index (κ2) is 5.92. The summed E-state index contributed by atoms with van der Waals surface area (Å²) in [6.45, 7) is 2.74. The van der Waals surface area contributed by atoms with Crippen LogP contribution in [0.5, 0.6) is 11.5 Å². The fraction of sp³-hybridized carbons (Fsp3) is 0.375. The van der Waals surface area contributed by atoms with E-state index in [1.54, 1.807) is 0 Å². The molecule has 1 fully saturated rings. The first-order valence-electron chi connectivity index (χ1n) is 7.66. The Morgan fingerprint density at radius 3 is 2.96 bits per heavy atom. The van der Waals surface area contributed by atoms with Crippen LogP contribution in [0.3, 0.4) is 0 Å². The number of aromatic nitrogens is 1. The van der Waals surface area contributed by atoms with E-state index in [2.05, 4.69) is 15.6 Å². The van der Waals surface area contributed by atoms with Crippen LogP contribution in [0.15, 0.2) is 29.0 Å². The molecular formula is C16H17N3O4. The molecule has 2 aliphatic heterocycles. The van der Waals surface area contributed by atoms with Crippen molar-refractivity contribution in [1.82, 2.24) is 15.6 Å². The van der Waals surface area contributed by atoms with Crippen LogP contribution >= 0.6 is 0 Å². The van der Waals surface area contributed by atoms with Crippen molar-refractivity contribution >= 4 is 5.91 Å². The van der Waals surface area contributed by atoms with E-state index < -0.39 is 0 Å². The Morgan fingerprint density at radius 2 is 2.13 bits per heavy atom. The average Bonchev–Trinajstić information content (AvgIpc) is 3.25. The van der Waals surface area contributed by atoms with Gasteiger partial charge in [-0.15, -0.1) is 0 Å². The number of hydrogen-bond donors (Lipinski definition) is 2. The summed E-state index contributed by atoms with van der Waals surface area (Å²) in [4.78, 5) is 16.5. The number of ether oxygens (including phenoxy) is 2. The largest absolute Gasteiger partial charge is 0.486 e. The molecule has 2 aliphatic rings. The number of carbonyl (C=O) groups excluding carboxylic acids is 1. The average molecular weight is 315 g/mol. The molecule has 23 heavy (non-hydrogen) atoms. The Morgan fingerprint density at radius 1 is 1.26 bits per heavy atom. The SMILES string of the molecule is O=C(NC1CCNC1)c1ncoc1-c1ccc2c(c1)OCCO2. The lowest BCUT2D eigenvalue weighted by Gasteiger charge is -2.18. The molecule has 1 amide bonds. The van der Waals surface area contributed by atoms with Gasteiger partial charge in [0.2, 0.25) is 0 Å². The minimum Gasteiger partial charge on any atom is -0.486 e. The number of nitrogens with zero attached hydrogens (tertiary/aromatic N) is 1. The van der Waals surface area contributed by atoms with Gasteiger partial charge in [-0.1, -0.05) is 0 Å². The van der Waals surface area contributed by atoms with Crippen LogP contribution in [-0.2, 0) is 0 Å². The summed E-state index contributed by atoms with van der Waals surface area (Å²) in [5, 5.41) is 6.19. The third kappa shape index (κ3) is 2.75. The van der Waals surface area contributed by atoms with Gasteiger partial charge in [-0.25, -0.2) is 4.98 Å². The molecule has 3 heterocycles. The van der Waals surface area contributed by atoms with Gasteiger partial charge in [-0.05, 0) is 31.2 Å². The highest BCUT2D eigenvalue weighted by atomic mass is 16.6. The normalized spacial score (nSPS) is 19.6. The number of nitrogens with one attached hydrogen (secondary N) is 2. The maximum atomic E-state index is 12.4. The van der Waals surface area contributed by atoms with Gasteiger partial charge in [0.15, 0.2) is 29.3 Å². The molecule has 0 saturated carbocycles. The predicted octanol–water partition coefficient (Wildman–Crippen LogP) is 1.20. The lowest BCUT2D eigenvalue weighted by atomic mass is 10.1. The lowest BCUT2D eigenvalue weighted by Crippen LogP contribution is -2.36. The topological polar surface area (TPSA) is 85.6 Å². The zero-order valence-electron chi connectivity index (χ0n) is 12.5. The minimum absolute atomic E-state index is 0.132. The van der Waals surface area contributed by atoms with Gasteiger partial charge in [0.1, 0.15) is 13.2 Å². The molecule has 0 spiro atoms. The summed E-state index contributed by atoms with van der Waals surface area (Å²) in [7, 11) is 0. The van der Waals surface area contributed by atoms with Crippen LogP contribution in [0.25, 0.3) is 11.3 Å². The fourth-order valence-electron chi connectivity index (χ4n) is 2.83. The molecule has 2 aromatic rings. The number of amides is 1. The fourth-order valence-corrected chi connectivity index (χ4v) is 2.83. The number of hydrogen-bond acceptors (Lipinski definition) is 6. The standard InChI is InChI=1S/C16H17N3O4/c20-16(19-11-3-4-17-8-11)14-15(23-9-18-14)10-1-2-12-13(7-10)22-6-5-21-12/h1-2,7,9,11,17H,3-6,8H2,(H,19,20). The van der Waals surface area contributed by atoms with Crippen molar-refractivity contribution in [2.24, 2.45) is 0 Å². The van der Waals surface area contributed by atoms with E-state index in [4.69, 9.17) is 13.9 Å². The van der Waals surface area contributed by atoms with Crippen molar-refractivity contribution in [2.75, 3.05) is 26.3 Å². The van der Waals surface area contributed by atoms with Gasteiger partial charge in [0, 0.05) is 18.2 Å². The molecule has 7 heteroatoms. The first-order valence-corrected chi connectivity index (χ1v) is 7.66. The highest BCUT2D eigenvalue weighted by Crippen LogP contribution is 2.35. The quantitative estimate of drug-likeness (QED) is 0.885. The summed E-state index contributed by atoms with van der Waals surface area (Å²) in [6, 6.07) is 5.59. The molecule has 1 atom stereocenters. The molecule has 1 aromatic heterocycles. The number of rotatable bonds is 3. The summed E-state index contributed by atoms with van der Waals surface area (Å²) in [6.07, 6.45) is 2.21. The second-order valence-electron chi connectivity index (χ2n) is 5.55. The van der Waals surface area contributed by atoms with Crippen LogP contribution < -0.4 is 20.1 Å². The Hall–Kier alpha value is -2.54. The van der Waals surface area contributed by atoms with Crippen molar-refractivity contribution in [1.29, 1.82) is 0 Å². The molecular weight excluding hydrogens is 298 g/mol. The number of fused-ring (bicyclic) bond motifs is 1. The van der Waals surface area contributed by atoms with E-state index in [9.17, 15) is 4.79 Å². The van der Waals surface area contributed by atoms with Crippen molar-refractivity contribution in [3.8, 4) is 22.8 Å². The van der Waals surface area contributed by atoms with Crippen molar-refractivity contribution in [2.45, 2.75) is 12.5 Å². The maximum absolute atomic E-state index is 12.4. The highest BCUT2D eigenvalue weighted by Gasteiger charge is 2.24. The molecule has 0 aliphatic carbocycles. The van der Waals surface area contributed by atoms with Gasteiger partial charge >= 0.3 is 0 Å². The summed E-state index contributed by atoms with van der Waals surface area (Å²) < 4.78 is 16.5. The Bertz CT molecular complexity index is 722. The van der Waals surface area contributed by atoms with E-state index in [0.717, 1.165) is 25.1 Å². The molecule has 0 bridgehead atoms. The first kappa shape index (κ1) is 14.1. The van der Waals surface area contributed by atoms with E-state index in [0.29, 0.717) is 30.5 Å². The van der Waals surface area contributed by atoms with Crippen LogP contribution in [0.1, 0.15) is 16.9 Å². The lowest BCUT2D eigenvalue weighted by molar-refractivity contribution is 0.0936. The van der Waals surface area contributed by atoms with Gasteiger partial charge in [-0.3, -0.25) is 4.79 Å². The third-order valence-corrected chi connectivity index (χ3v) is 3.98. The van der Waals surface area contributed by atoms with E-state index in [1.807, 2.05) is 18.2 Å². The maximum Gasteiger partial charge on any atom is 0.274 e. The summed E-state index contributed by atoms with van der Waals surface area (Å²) in [5.41, 5.74) is 1.02. The van der Waals surface area contributed by atoms with Crippen LogP contribution in [-0.4, -0.2) is 43.2 Å². The molecule has 2 N–H and O–H groups in total. The predicted molar refractivity (Wildman–Crippen MR) is 81.7 cm³/mol. The molecule has 120 valence electrons. The first-order chi connectivity index (χ1) is 11.3. The van der Waals surface area contributed by atoms with Gasteiger partial charge in [0.25, 0.3) is 5.91 Å². The van der Waals surface area contributed by atoms with Crippen LogP contribution in [0.4, 0.5) is 0 Å². The zero-order chi connectivity index (χ0) is 15.6. The van der Waals surface area contributed by atoms with E-state index in [-0.39, 0.29) is 17.6 Å². The van der Waals surface area contributed by atoms with Gasteiger partial charge in [0.05, 0.1) is 0 Å². The smallest absolute Gasteiger partial charge is 0.274 e. The molecule has 1 unspecified atom stereocenters. The number of benzene rings is 1. The van der Waals surface area contributed by atoms with Crippen LogP contribution in [0.2, 0.25) is 0 Å². The Labute approximate surface area is 133 Å². The highest BCUT2D eigenvalue weighted by molar-refractivity contribution is 5.97.